The Morgan fingerprint density at radius 1 is 1.00 bits per heavy atom. The third kappa shape index (κ3) is 1.81. The number of fused-ring (bicyclic) bond motifs is 1. The molecule has 1 aliphatic heterocycles. The minimum Gasteiger partial charge on any atom is -0.258 e. The number of hydrogen-bond donors (Lipinski definition) is 0. The number of sulfone groups is 1. The zero-order chi connectivity index (χ0) is 14.3. The molecule has 0 saturated carbocycles. The first kappa shape index (κ1) is 12.6. The summed E-state index contributed by atoms with van der Waals surface area (Å²) >= 11 is 0. The fourth-order valence-corrected chi connectivity index (χ4v) is 3.84. The molecule has 0 amide bonds. The van der Waals surface area contributed by atoms with Crippen LogP contribution >= 0.6 is 0 Å². The summed E-state index contributed by atoms with van der Waals surface area (Å²) in [6.07, 6.45) is 1.55. The third-order valence-corrected chi connectivity index (χ3v) is 5.01. The van der Waals surface area contributed by atoms with Crippen molar-refractivity contribution >= 4 is 26.5 Å². The summed E-state index contributed by atoms with van der Waals surface area (Å²) in [5.74, 6) is 0. The summed E-state index contributed by atoms with van der Waals surface area (Å²) < 4.78 is 24.9. The summed E-state index contributed by atoms with van der Waals surface area (Å²) in [5.41, 5.74) is 0.805. The maximum atomic E-state index is 12.4. The first-order valence-corrected chi connectivity index (χ1v) is 7.29. The highest BCUT2D eigenvalue weighted by Gasteiger charge is 2.30. The highest BCUT2D eigenvalue weighted by atomic mass is 32.2. The molecule has 0 fully saturated rings. The number of nitro benzene ring substituents is 1. The maximum Gasteiger partial charge on any atom is 0.270 e. The van der Waals surface area contributed by atoms with Gasteiger partial charge in [-0.15, -0.1) is 0 Å². The van der Waals surface area contributed by atoms with E-state index in [2.05, 4.69) is 0 Å². The van der Waals surface area contributed by atoms with Gasteiger partial charge in [-0.1, -0.05) is 30.3 Å². The monoisotopic (exact) mass is 287 g/mol. The second-order valence-electron chi connectivity index (χ2n) is 4.36. The summed E-state index contributed by atoms with van der Waals surface area (Å²) in [7, 11) is -3.60. The molecule has 0 radical (unpaired) electrons. The molecule has 0 unspecified atom stereocenters. The average molecular weight is 287 g/mol. The molecule has 3 rings (SSSR count). The largest absolute Gasteiger partial charge is 0.270 e. The van der Waals surface area contributed by atoms with Gasteiger partial charge >= 0.3 is 0 Å². The first-order valence-electron chi connectivity index (χ1n) is 5.81. The van der Waals surface area contributed by atoms with Gasteiger partial charge in [-0.2, -0.15) is 0 Å². The molecule has 0 spiro atoms. The third-order valence-electron chi connectivity index (χ3n) is 3.13. The van der Waals surface area contributed by atoms with Crippen molar-refractivity contribution in [3.05, 3.63) is 69.8 Å². The lowest BCUT2D eigenvalue weighted by molar-refractivity contribution is -0.384. The van der Waals surface area contributed by atoms with Crippen LogP contribution in [0.5, 0.6) is 0 Å². The van der Waals surface area contributed by atoms with Gasteiger partial charge in [0.25, 0.3) is 5.69 Å². The predicted octanol–water partition coefficient (Wildman–Crippen LogP) is 2.88. The molecule has 1 aliphatic rings. The standard InChI is InChI=1S/C14H9NO4S/c16-15(17)12-6-3-5-10(8-12)14-9-11-4-1-2-7-13(11)20(14,18)19/h1-9H. The van der Waals surface area contributed by atoms with Crippen LogP contribution in [-0.2, 0) is 9.84 Å². The molecule has 2 aromatic carbocycles. The average Bonchev–Trinajstić information content (AvgIpc) is 2.71. The van der Waals surface area contributed by atoms with Gasteiger partial charge in [0.1, 0.15) is 0 Å². The maximum absolute atomic E-state index is 12.4. The Morgan fingerprint density at radius 2 is 1.75 bits per heavy atom. The summed E-state index contributed by atoms with van der Waals surface area (Å²) in [4.78, 5) is 10.6. The van der Waals surface area contributed by atoms with E-state index in [9.17, 15) is 18.5 Å². The first-order chi connectivity index (χ1) is 9.50. The molecule has 0 saturated heterocycles. The van der Waals surface area contributed by atoms with Gasteiger partial charge in [-0.3, -0.25) is 10.1 Å². The highest BCUT2D eigenvalue weighted by molar-refractivity contribution is 8.01. The van der Waals surface area contributed by atoms with Gasteiger partial charge in [0.15, 0.2) is 0 Å². The van der Waals surface area contributed by atoms with Gasteiger partial charge in [0, 0.05) is 17.7 Å². The van der Waals surface area contributed by atoms with E-state index in [-0.39, 0.29) is 15.5 Å². The van der Waals surface area contributed by atoms with Crippen molar-refractivity contribution in [3.63, 3.8) is 0 Å². The molecule has 0 bridgehead atoms. The summed E-state index contributed by atoms with van der Waals surface area (Å²) in [6, 6.07) is 12.3. The van der Waals surface area contributed by atoms with E-state index in [1.807, 2.05) is 0 Å². The van der Waals surface area contributed by atoms with Gasteiger partial charge in [-0.25, -0.2) is 8.42 Å². The molecule has 5 nitrogen and oxygen atoms in total. The quantitative estimate of drug-likeness (QED) is 0.628. The smallest absolute Gasteiger partial charge is 0.258 e. The van der Waals surface area contributed by atoms with E-state index in [1.165, 1.54) is 24.3 Å². The van der Waals surface area contributed by atoms with Crippen molar-refractivity contribution in [1.29, 1.82) is 0 Å². The van der Waals surface area contributed by atoms with Crippen LogP contribution in [-0.4, -0.2) is 13.3 Å². The number of non-ortho nitro benzene ring substituents is 1. The number of rotatable bonds is 2. The lowest BCUT2D eigenvalue weighted by Gasteiger charge is -2.03. The lowest BCUT2D eigenvalue weighted by atomic mass is 10.1. The zero-order valence-corrected chi connectivity index (χ0v) is 11.0. The zero-order valence-electron chi connectivity index (χ0n) is 10.2. The van der Waals surface area contributed by atoms with Crippen LogP contribution in [0, 0.1) is 10.1 Å². The SMILES string of the molecule is O=[N+]([O-])c1cccc(C2=Cc3ccccc3S2(=O)=O)c1. The van der Waals surface area contributed by atoms with Gasteiger partial charge in [-0.05, 0) is 17.7 Å². The Balaban J connectivity index is 2.18. The Kier molecular flexibility index (Phi) is 2.69. The second kappa shape index (κ2) is 4.28. The van der Waals surface area contributed by atoms with E-state index in [1.54, 1.807) is 30.3 Å². The molecule has 0 N–H and O–H groups in total. The van der Waals surface area contributed by atoms with Crippen molar-refractivity contribution in [2.45, 2.75) is 4.90 Å². The van der Waals surface area contributed by atoms with Crippen molar-refractivity contribution < 1.29 is 13.3 Å². The molecule has 20 heavy (non-hydrogen) atoms. The molecular formula is C14H9NO4S. The van der Waals surface area contributed by atoms with Crippen molar-refractivity contribution in [3.8, 4) is 0 Å². The summed E-state index contributed by atoms with van der Waals surface area (Å²) in [6.45, 7) is 0. The Bertz CT molecular complexity index is 853. The second-order valence-corrected chi connectivity index (χ2v) is 6.24. The summed E-state index contributed by atoms with van der Waals surface area (Å²) in [5, 5.41) is 10.8. The van der Waals surface area contributed by atoms with Gasteiger partial charge in [0.2, 0.25) is 9.84 Å². The highest BCUT2D eigenvalue weighted by Crippen LogP contribution is 2.38. The van der Waals surface area contributed by atoms with E-state index < -0.39 is 14.8 Å². The van der Waals surface area contributed by atoms with Crippen LogP contribution in [0.3, 0.4) is 0 Å². The Labute approximate surface area is 115 Å². The van der Waals surface area contributed by atoms with Crippen molar-refractivity contribution in [2.24, 2.45) is 0 Å². The van der Waals surface area contributed by atoms with Crippen LogP contribution in [0.25, 0.3) is 11.0 Å². The van der Waals surface area contributed by atoms with Crippen molar-refractivity contribution in [2.75, 3.05) is 0 Å². The Hall–Kier alpha value is -2.47. The molecule has 100 valence electrons. The molecule has 0 aliphatic carbocycles. The molecule has 0 atom stereocenters. The van der Waals surface area contributed by atoms with E-state index in [4.69, 9.17) is 0 Å². The van der Waals surface area contributed by atoms with Crippen molar-refractivity contribution in [1.82, 2.24) is 0 Å². The number of nitro groups is 1. The minimum absolute atomic E-state index is 0.0994. The topological polar surface area (TPSA) is 77.3 Å². The normalized spacial score (nSPS) is 15.5. The molecule has 2 aromatic rings. The molecule has 1 heterocycles. The minimum atomic E-state index is -3.60. The van der Waals surface area contributed by atoms with E-state index in [0.717, 1.165) is 0 Å². The number of nitrogens with zero attached hydrogens (tertiary/aromatic N) is 1. The molecule has 0 aromatic heterocycles. The van der Waals surface area contributed by atoms with Gasteiger partial charge < -0.3 is 0 Å². The van der Waals surface area contributed by atoms with E-state index in [0.29, 0.717) is 11.1 Å². The molecule has 6 heteroatoms. The van der Waals surface area contributed by atoms with Crippen LogP contribution in [0.1, 0.15) is 11.1 Å². The van der Waals surface area contributed by atoms with Crippen LogP contribution in [0.2, 0.25) is 0 Å². The van der Waals surface area contributed by atoms with Crippen LogP contribution in [0.15, 0.2) is 53.4 Å². The fourth-order valence-electron chi connectivity index (χ4n) is 2.19. The lowest BCUT2D eigenvalue weighted by Crippen LogP contribution is -2.00. The van der Waals surface area contributed by atoms with Gasteiger partial charge in [0.05, 0.1) is 14.7 Å². The number of benzene rings is 2. The van der Waals surface area contributed by atoms with E-state index >= 15 is 0 Å². The van der Waals surface area contributed by atoms with Crippen LogP contribution < -0.4 is 0 Å². The number of hydrogen-bond acceptors (Lipinski definition) is 4. The fraction of sp³-hybridized carbons (Fsp3) is 0. The predicted molar refractivity (Wildman–Crippen MR) is 74.6 cm³/mol. The Morgan fingerprint density at radius 3 is 2.45 bits per heavy atom. The van der Waals surface area contributed by atoms with Crippen LogP contribution in [0.4, 0.5) is 5.69 Å². The molecular weight excluding hydrogens is 278 g/mol.